The molecule has 1 fully saturated rings. The molecule has 1 saturated carbocycles. The number of hydrogen-bond acceptors (Lipinski definition) is 6. The molecule has 0 aliphatic heterocycles. The van der Waals surface area contributed by atoms with Crippen molar-refractivity contribution in [2.45, 2.75) is 64.1 Å². The van der Waals surface area contributed by atoms with Gasteiger partial charge in [-0.05, 0) is 57.1 Å². The van der Waals surface area contributed by atoms with E-state index in [0.29, 0.717) is 5.69 Å². The van der Waals surface area contributed by atoms with Crippen molar-refractivity contribution in [3.8, 4) is 0 Å². The molecule has 4 atom stereocenters. The summed E-state index contributed by atoms with van der Waals surface area (Å²) >= 11 is 0. The molecule has 27 heavy (non-hydrogen) atoms. The number of ether oxygens (including phenoxy) is 1. The highest BCUT2D eigenvalue weighted by Crippen LogP contribution is 2.43. The standard InChI is InChI=1S/C19H28N6O2/c1-12-7-13(14-5-6-21-9-15(14)20)8-16(17(12)25-11-22-10-23-25)24-18(26)27-19(2,3)4/h5-6,9-13,16-17H,7-8,20H2,1-4H3,(H,24,26). The lowest BCUT2D eigenvalue weighted by atomic mass is 9.73. The number of nitrogens with zero attached hydrogens (tertiary/aromatic N) is 4. The topological polar surface area (TPSA) is 108 Å². The van der Waals surface area contributed by atoms with Crippen LogP contribution in [-0.4, -0.2) is 37.5 Å². The van der Waals surface area contributed by atoms with Crippen LogP contribution in [0.25, 0.3) is 0 Å². The third-order valence-electron chi connectivity index (χ3n) is 4.96. The Morgan fingerprint density at radius 2 is 2.11 bits per heavy atom. The van der Waals surface area contributed by atoms with Gasteiger partial charge in [0.2, 0.25) is 0 Å². The summed E-state index contributed by atoms with van der Waals surface area (Å²) in [5.41, 5.74) is 7.36. The summed E-state index contributed by atoms with van der Waals surface area (Å²) in [5.74, 6) is 0.487. The van der Waals surface area contributed by atoms with Crippen molar-refractivity contribution < 1.29 is 9.53 Å². The van der Waals surface area contributed by atoms with E-state index in [2.05, 4.69) is 27.3 Å². The minimum absolute atomic E-state index is 0.000620. The first kappa shape index (κ1) is 19.1. The van der Waals surface area contributed by atoms with Gasteiger partial charge in [-0.15, -0.1) is 0 Å². The lowest BCUT2D eigenvalue weighted by molar-refractivity contribution is 0.0439. The molecule has 0 spiro atoms. The zero-order chi connectivity index (χ0) is 19.6. The van der Waals surface area contributed by atoms with Crippen molar-refractivity contribution >= 4 is 11.8 Å². The fraction of sp³-hybridized carbons (Fsp3) is 0.579. The van der Waals surface area contributed by atoms with Crippen LogP contribution in [-0.2, 0) is 4.74 Å². The van der Waals surface area contributed by atoms with E-state index in [4.69, 9.17) is 10.5 Å². The minimum atomic E-state index is -0.554. The zero-order valence-corrected chi connectivity index (χ0v) is 16.3. The average Bonchev–Trinajstić information content (AvgIpc) is 3.07. The van der Waals surface area contributed by atoms with Gasteiger partial charge in [0.1, 0.15) is 18.3 Å². The molecular weight excluding hydrogens is 344 g/mol. The second-order valence-corrected chi connectivity index (χ2v) is 8.27. The molecule has 3 N–H and O–H groups in total. The Morgan fingerprint density at radius 3 is 2.74 bits per heavy atom. The van der Waals surface area contributed by atoms with Gasteiger partial charge in [0.15, 0.2) is 0 Å². The van der Waals surface area contributed by atoms with Crippen LogP contribution in [0, 0.1) is 5.92 Å². The molecule has 0 bridgehead atoms. The summed E-state index contributed by atoms with van der Waals surface area (Å²) in [6, 6.07) is 1.81. The van der Waals surface area contributed by atoms with Crippen molar-refractivity contribution in [3.05, 3.63) is 36.7 Å². The number of alkyl carbamates (subject to hydrolysis) is 1. The van der Waals surface area contributed by atoms with E-state index in [1.165, 1.54) is 6.33 Å². The van der Waals surface area contributed by atoms with E-state index in [1.807, 2.05) is 31.5 Å². The van der Waals surface area contributed by atoms with Gasteiger partial charge in [-0.3, -0.25) is 4.98 Å². The molecule has 1 aliphatic carbocycles. The Balaban J connectivity index is 1.85. The maximum Gasteiger partial charge on any atom is 0.407 e. The summed E-state index contributed by atoms with van der Waals surface area (Å²) in [5, 5.41) is 7.37. The number of carbonyl (C=O) groups excluding carboxylic acids is 1. The van der Waals surface area contributed by atoms with E-state index in [0.717, 1.165) is 18.4 Å². The van der Waals surface area contributed by atoms with Gasteiger partial charge in [0.25, 0.3) is 0 Å². The number of nitrogen functional groups attached to an aromatic ring is 1. The first-order chi connectivity index (χ1) is 12.7. The van der Waals surface area contributed by atoms with E-state index in [1.54, 1.807) is 18.7 Å². The molecule has 2 heterocycles. The summed E-state index contributed by atoms with van der Waals surface area (Å²) in [4.78, 5) is 20.6. The number of anilines is 1. The molecule has 1 aliphatic rings. The van der Waals surface area contributed by atoms with Gasteiger partial charge < -0.3 is 15.8 Å². The minimum Gasteiger partial charge on any atom is -0.444 e. The summed E-state index contributed by atoms with van der Waals surface area (Å²) in [6.45, 7) is 7.72. The van der Waals surface area contributed by atoms with Crippen molar-refractivity contribution in [1.29, 1.82) is 0 Å². The van der Waals surface area contributed by atoms with Crippen LogP contribution in [0.3, 0.4) is 0 Å². The number of pyridine rings is 1. The van der Waals surface area contributed by atoms with Gasteiger partial charge in [-0.2, -0.15) is 5.10 Å². The molecule has 3 rings (SSSR count). The first-order valence-corrected chi connectivity index (χ1v) is 9.27. The van der Waals surface area contributed by atoms with E-state index < -0.39 is 11.7 Å². The summed E-state index contributed by atoms with van der Waals surface area (Å²) in [6.07, 6.45) is 7.91. The monoisotopic (exact) mass is 372 g/mol. The van der Waals surface area contributed by atoms with Crippen LogP contribution in [0.4, 0.5) is 10.5 Å². The molecular formula is C19H28N6O2. The predicted octanol–water partition coefficient (Wildman–Crippen LogP) is 2.90. The average molecular weight is 372 g/mol. The molecule has 0 radical (unpaired) electrons. The van der Waals surface area contributed by atoms with Gasteiger partial charge in [-0.25, -0.2) is 14.5 Å². The fourth-order valence-corrected chi connectivity index (χ4v) is 3.99. The largest absolute Gasteiger partial charge is 0.444 e. The van der Waals surface area contributed by atoms with Gasteiger partial charge in [-0.1, -0.05) is 6.92 Å². The molecule has 4 unspecified atom stereocenters. The van der Waals surface area contributed by atoms with E-state index in [-0.39, 0.29) is 23.9 Å². The molecule has 1 amide bonds. The third-order valence-corrected chi connectivity index (χ3v) is 4.96. The smallest absolute Gasteiger partial charge is 0.407 e. The molecule has 2 aromatic heterocycles. The second-order valence-electron chi connectivity index (χ2n) is 8.27. The number of amides is 1. The normalized spacial score (nSPS) is 25.8. The van der Waals surface area contributed by atoms with Crippen LogP contribution in [0.5, 0.6) is 0 Å². The van der Waals surface area contributed by atoms with Crippen LogP contribution in [0.2, 0.25) is 0 Å². The fourth-order valence-electron chi connectivity index (χ4n) is 3.99. The lowest BCUT2D eigenvalue weighted by Crippen LogP contribution is -2.49. The molecule has 0 aromatic carbocycles. The van der Waals surface area contributed by atoms with Crippen LogP contribution < -0.4 is 11.1 Å². The lowest BCUT2D eigenvalue weighted by Gasteiger charge is -2.41. The van der Waals surface area contributed by atoms with Gasteiger partial charge in [0.05, 0.1) is 24.0 Å². The first-order valence-electron chi connectivity index (χ1n) is 9.27. The Morgan fingerprint density at radius 1 is 1.33 bits per heavy atom. The van der Waals surface area contributed by atoms with E-state index in [9.17, 15) is 4.79 Å². The number of nitrogens with two attached hydrogens (primary N) is 1. The number of nitrogens with one attached hydrogen (secondary N) is 1. The third kappa shape index (κ3) is 4.56. The molecule has 2 aromatic rings. The highest BCUT2D eigenvalue weighted by atomic mass is 16.6. The van der Waals surface area contributed by atoms with Crippen LogP contribution in [0.1, 0.15) is 58.1 Å². The van der Waals surface area contributed by atoms with Gasteiger partial charge in [0, 0.05) is 6.20 Å². The van der Waals surface area contributed by atoms with Crippen LogP contribution in [0.15, 0.2) is 31.1 Å². The Labute approximate surface area is 159 Å². The quantitative estimate of drug-likeness (QED) is 0.858. The van der Waals surface area contributed by atoms with Crippen molar-refractivity contribution in [1.82, 2.24) is 25.1 Å². The number of rotatable bonds is 3. The Bertz CT molecular complexity index is 771. The zero-order valence-electron chi connectivity index (χ0n) is 16.3. The predicted molar refractivity (Wildman–Crippen MR) is 102 cm³/mol. The number of carbonyl (C=O) groups is 1. The maximum absolute atomic E-state index is 12.4. The number of hydrogen-bond donors (Lipinski definition) is 2. The maximum atomic E-state index is 12.4. The number of aromatic nitrogens is 4. The Kier molecular flexibility index (Phi) is 5.34. The molecule has 8 heteroatoms. The summed E-state index contributed by atoms with van der Waals surface area (Å²) < 4.78 is 7.31. The van der Waals surface area contributed by atoms with E-state index >= 15 is 0 Å². The highest BCUT2D eigenvalue weighted by molar-refractivity contribution is 5.68. The highest BCUT2D eigenvalue weighted by Gasteiger charge is 2.39. The second kappa shape index (κ2) is 7.54. The van der Waals surface area contributed by atoms with Crippen molar-refractivity contribution in [2.75, 3.05) is 5.73 Å². The summed E-state index contributed by atoms with van der Waals surface area (Å²) in [7, 11) is 0. The molecule has 146 valence electrons. The van der Waals surface area contributed by atoms with Crippen LogP contribution >= 0.6 is 0 Å². The molecule has 0 saturated heterocycles. The Hall–Kier alpha value is -2.64. The van der Waals surface area contributed by atoms with Gasteiger partial charge >= 0.3 is 6.09 Å². The van der Waals surface area contributed by atoms with Crippen molar-refractivity contribution in [3.63, 3.8) is 0 Å². The SMILES string of the molecule is CC1CC(c2ccncc2N)CC(NC(=O)OC(C)(C)C)C1n1cncn1. The molecule has 8 nitrogen and oxygen atoms in total. The van der Waals surface area contributed by atoms with Crippen molar-refractivity contribution in [2.24, 2.45) is 5.92 Å².